The van der Waals surface area contributed by atoms with Gasteiger partial charge >= 0.3 is 12.1 Å². The average molecular weight is 548 g/mol. The van der Waals surface area contributed by atoms with Gasteiger partial charge in [-0.3, -0.25) is 9.59 Å². The van der Waals surface area contributed by atoms with E-state index in [4.69, 9.17) is 20.9 Å². The maximum absolute atomic E-state index is 12.9. The van der Waals surface area contributed by atoms with E-state index in [1.165, 1.54) is 6.26 Å². The summed E-state index contributed by atoms with van der Waals surface area (Å²) in [6, 6.07) is 20.6. The lowest BCUT2D eigenvalue weighted by Crippen LogP contribution is -2.25. The number of nitrogens with one attached hydrogen (secondary N) is 2. The Hall–Kier alpha value is -4.63. The van der Waals surface area contributed by atoms with Crippen LogP contribution in [-0.4, -0.2) is 28.2 Å². The van der Waals surface area contributed by atoms with Gasteiger partial charge in [-0.15, -0.1) is 0 Å². The van der Waals surface area contributed by atoms with E-state index in [1.807, 2.05) is 6.07 Å². The molecule has 0 radical (unpaired) electrons. The van der Waals surface area contributed by atoms with Crippen molar-refractivity contribution in [2.24, 2.45) is 0 Å². The van der Waals surface area contributed by atoms with E-state index in [1.54, 1.807) is 80.6 Å². The molecule has 0 fully saturated rings. The molecule has 2 unspecified atom stereocenters. The molecular formula is C29H26ClN3O6. The van der Waals surface area contributed by atoms with Gasteiger partial charge in [-0.2, -0.15) is 0 Å². The Morgan fingerprint density at radius 2 is 1.64 bits per heavy atom. The van der Waals surface area contributed by atoms with Gasteiger partial charge in [-0.25, -0.2) is 4.79 Å². The molecule has 2 atom stereocenters. The number of carboxylic acid groups (broad SMARTS) is 1. The Labute approximate surface area is 229 Å². The summed E-state index contributed by atoms with van der Waals surface area (Å²) >= 11 is 6.17. The highest BCUT2D eigenvalue weighted by Crippen LogP contribution is 2.27. The molecule has 9 nitrogen and oxygen atoms in total. The number of carbonyl (C=O) groups is 3. The Balaban J connectivity index is 1.39. The SMILES string of the molecule is CC(OC(=O)NCc1conc1-c1ccc(C(=O)Nc2ccccc2C(C)C(=O)O)cc1)c1ccccc1Cl. The molecule has 0 aliphatic rings. The third-order valence-corrected chi connectivity index (χ3v) is 6.50. The van der Waals surface area contributed by atoms with Crippen LogP contribution in [0.3, 0.4) is 0 Å². The molecule has 0 bridgehead atoms. The average Bonchev–Trinajstić information content (AvgIpc) is 3.40. The summed E-state index contributed by atoms with van der Waals surface area (Å²) in [5.41, 5.74) is 3.81. The van der Waals surface area contributed by atoms with Crippen LogP contribution in [-0.2, 0) is 16.1 Å². The molecule has 0 aliphatic heterocycles. The number of amides is 2. The van der Waals surface area contributed by atoms with Crippen LogP contribution in [0.2, 0.25) is 5.02 Å². The first-order chi connectivity index (χ1) is 18.7. The molecule has 4 aromatic rings. The summed E-state index contributed by atoms with van der Waals surface area (Å²) in [6.45, 7) is 3.40. The summed E-state index contributed by atoms with van der Waals surface area (Å²) in [6.07, 6.45) is 0.256. The molecule has 1 aromatic heterocycles. The highest BCUT2D eigenvalue weighted by Gasteiger charge is 2.19. The minimum Gasteiger partial charge on any atom is -0.481 e. The van der Waals surface area contributed by atoms with Crippen molar-refractivity contribution >= 4 is 35.3 Å². The highest BCUT2D eigenvalue weighted by atomic mass is 35.5. The Morgan fingerprint density at radius 3 is 2.33 bits per heavy atom. The number of rotatable bonds is 9. The lowest BCUT2D eigenvalue weighted by atomic mass is 9.99. The number of hydrogen-bond donors (Lipinski definition) is 3. The fourth-order valence-electron chi connectivity index (χ4n) is 3.95. The zero-order valence-corrected chi connectivity index (χ0v) is 21.9. The molecule has 3 N–H and O–H groups in total. The van der Waals surface area contributed by atoms with Crippen LogP contribution in [0.15, 0.2) is 83.6 Å². The lowest BCUT2D eigenvalue weighted by Gasteiger charge is -2.15. The fourth-order valence-corrected chi connectivity index (χ4v) is 4.24. The van der Waals surface area contributed by atoms with Crippen LogP contribution in [0.25, 0.3) is 11.3 Å². The number of anilines is 1. The molecule has 39 heavy (non-hydrogen) atoms. The molecule has 10 heteroatoms. The molecule has 2 amide bonds. The Kier molecular flexibility index (Phi) is 8.63. The normalized spacial score (nSPS) is 12.3. The number of aliphatic carboxylic acids is 1. The van der Waals surface area contributed by atoms with Gasteiger partial charge in [-0.05, 0) is 43.7 Å². The number of ether oxygens (including phenoxy) is 1. The number of carbonyl (C=O) groups excluding carboxylic acids is 2. The minimum absolute atomic E-state index is 0.105. The first-order valence-electron chi connectivity index (χ1n) is 12.1. The monoisotopic (exact) mass is 547 g/mol. The molecule has 0 spiro atoms. The topological polar surface area (TPSA) is 131 Å². The molecule has 3 aromatic carbocycles. The molecule has 1 heterocycles. The zero-order chi connectivity index (χ0) is 27.9. The second kappa shape index (κ2) is 12.3. The molecule has 0 aliphatic carbocycles. The number of halogens is 1. The van der Waals surface area contributed by atoms with Gasteiger partial charge in [0.25, 0.3) is 5.91 Å². The summed E-state index contributed by atoms with van der Waals surface area (Å²) in [7, 11) is 0. The van der Waals surface area contributed by atoms with Crippen LogP contribution >= 0.6 is 11.6 Å². The zero-order valence-electron chi connectivity index (χ0n) is 21.2. The van der Waals surface area contributed by atoms with E-state index < -0.39 is 24.1 Å². The van der Waals surface area contributed by atoms with Crippen molar-refractivity contribution in [3.63, 3.8) is 0 Å². The largest absolute Gasteiger partial charge is 0.481 e. The van der Waals surface area contributed by atoms with Crippen molar-refractivity contribution in [1.82, 2.24) is 10.5 Å². The first-order valence-corrected chi connectivity index (χ1v) is 12.5. The van der Waals surface area contributed by atoms with E-state index in [0.29, 0.717) is 44.2 Å². The minimum atomic E-state index is -0.984. The van der Waals surface area contributed by atoms with Crippen molar-refractivity contribution in [1.29, 1.82) is 0 Å². The molecular weight excluding hydrogens is 522 g/mol. The number of nitrogens with zero attached hydrogens (tertiary/aromatic N) is 1. The number of para-hydroxylation sites is 1. The smallest absolute Gasteiger partial charge is 0.408 e. The summed E-state index contributed by atoms with van der Waals surface area (Å²) < 4.78 is 10.5. The van der Waals surface area contributed by atoms with Crippen molar-refractivity contribution in [3.8, 4) is 11.3 Å². The number of carboxylic acids is 1. The van der Waals surface area contributed by atoms with Gasteiger partial charge in [0.2, 0.25) is 0 Å². The molecule has 200 valence electrons. The van der Waals surface area contributed by atoms with Gasteiger partial charge in [-0.1, -0.05) is 65.3 Å². The number of aromatic nitrogens is 1. The van der Waals surface area contributed by atoms with Crippen molar-refractivity contribution in [3.05, 3.63) is 106 Å². The predicted octanol–water partition coefficient (Wildman–Crippen LogP) is 6.42. The van der Waals surface area contributed by atoms with Crippen LogP contribution in [0, 0.1) is 0 Å². The summed E-state index contributed by atoms with van der Waals surface area (Å²) in [5, 5.41) is 19.4. The van der Waals surface area contributed by atoms with Crippen LogP contribution in [0.4, 0.5) is 10.5 Å². The fraction of sp³-hybridized carbons (Fsp3) is 0.172. The van der Waals surface area contributed by atoms with Crippen molar-refractivity contribution in [2.45, 2.75) is 32.4 Å². The van der Waals surface area contributed by atoms with Gasteiger partial charge in [0, 0.05) is 33.0 Å². The maximum Gasteiger partial charge on any atom is 0.408 e. The Bertz CT molecular complexity index is 1480. The quantitative estimate of drug-likeness (QED) is 0.220. The Morgan fingerprint density at radius 1 is 0.974 bits per heavy atom. The van der Waals surface area contributed by atoms with Crippen molar-refractivity contribution < 1.29 is 28.8 Å². The van der Waals surface area contributed by atoms with Gasteiger partial charge in [0.05, 0.1) is 12.5 Å². The van der Waals surface area contributed by atoms with Gasteiger partial charge in [0.1, 0.15) is 18.1 Å². The van der Waals surface area contributed by atoms with Gasteiger partial charge < -0.3 is 25.0 Å². The van der Waals surface area contributed by atoms with E-state index in [-0.39, 0.29) is 12.5 Å². The molecule has 0 saturated carbocycles. The van der Waals surface area contributed by atoms with E-state index >= 15 is 0 Å². The van der Waals surface area contributed by atoms with Gasteiger partial charge in [0.15, 0.2) is 0 Å². The van der Waals surface area contributed by atoms with Crippen LogP contribution < -0.4 is 10.6 Å². The number of hydrogen-bond acceptors (Lipinski definition) is 6. The summed E-state index contributed by atoms with van der Waals surface area (Å²) in [4.78, 5) is 36.6. The van der Waals surface area contributed by atoms with E-state index in [2.05, 4.69) is 15.8 Å². The van der Waals surface area contributed by atoms with E-state index in [9.17, 15) is 19.5 Å². The number of alkyl carbamates (subject to hydrolysis) is 1. The molecule has 0 saturated heterocycles. The lowest BCUT2D eigenvalue weighted by molar-refractivity contribution is -0.138. The van der Waals surface area contributed by atoms with E-state index in [0.717, 1.165) is 0 Å². The first kappa shape index (κ1) is 27.4. The highest BCUT2D eigenvalue weighted by molar-refractivity contribution is 6.31. The summed E-state index contributed by atoms with van der Waals surface area (Å²) in [5.74, 6) is -2.15. The third kappa shape index (κ3) is 6.63. The third-order valence-electron chi connectivity index (χ3n) is 6.16. The standard InChI is InChI=1S/C29H26ClN3O6/c1-17(28(35)36)22-7-4-6-10-25(22)32-27(34)20-13-11-19(12-14-20)26-21(16-38-33-26)15-31-29(37)39-18(2)23-8-3-5-9-24(23)30/h3-14,16-18H,15H2,1-2H3,(H,31,37)(H,32,34)(H,35,36). The van der Waals surface area contributed by atoms with Crippen LogP contribution in [0.5, 0.6) is 0 Å². The maximum atomic E-state index is 12.9. The second-order valence-electron chi connectivity index (χ2n) is 8.79. The number of benzene rings is 3. The van der Waals surface area contributed by atoms with Crippen molar-refractivity contribution in [2.75, 3.05) is 5.32 Å². The molecule has 4 rings (SSSR count). The van der Waals surface area contributed by atoms with Crippen LogP contribution in [0.1, 0.15) is 52.9 Å². The predicted molar refractivity (Wildman–Crippen MR) is 146 cm³/mol. The second-order valence-corrected chi connectivity index (χ2v) is 9.20.